The van der Waals surface area contributed by atoms with Crippen LogP contribution < -0.4 is 9.47 Å². The molecule has 8 heteroatoms. The maximum Gasteiger partial charge on any atom is 0.303 e. The molecule has 0 unspecified atom stereocenters. The van der Waals surface area contributed by atoms with Crippen LogP contribution in [0, 0.1) is 6.92 Å². The van der Waals surface area contributed by atoms with E-state index in [9.17, 15) is 18.3 Å². The largest absolute Gasteiger partial charge is 0.494 e. The van der Waals surface area contributed by atoms with Crippen molar-refractivity contribution in [1.82, 2.24) is 0 Å². The van der Waals surface area contributed by atoms with Crippen molar-refractivity contribution in [1.29, 1.82) is 0 Å². The van der Waals surface area contributed by atoms with E-state index in [1.165, 1.54) is 11.0 Å². The van der Waals surface area contributed by atoms with Crippen molar-refractivity contribution in [3.63, 3.8) is 0 Å². The van der Waals surface area contributed by atoms with Crippen molar-refractivity contribution >= 4 is 37.2 Å². The van der Waals surface area contributed by atoms with Gasteiger partial charge in [0.25, 0.3) is 0 Å². The van der Waals surface area contributed by atoms with Gasteiger partial charge in [0.1, 0.15) is 27.9 Å². The molecule has 0 fully saturated rings. The van der Waals surface area contributed by atoms with E-state index in [2.05, 4.69) is 24.4 Å². The number of rotatable bonds is 14. The van der Waals surface area contributed by atoms with Crippen LogP contribution in [0.2, 0.25) is 0 Å². The zero-order chi connectivity index (χ0) is 28.7. The SMILES string of the molecule is CCC[C@@H](CC(=O)O)c1ccc(COc2ccc3scc(-c4ccc(OCCCS(C)(=O)=O)cc4C)c3c2)cc1. The molecule has 0 bridgehead atoms. The Morgan fingerprint density at radius 1 is 0.975 bits per heavy atom. The van der Waals surface area contributed by atoms with Crippen LogP contribution in [0.15, 0.2) is 66.0 Å². The molecule has 0 spiro atoms. The highest BCUT2D eigenvalue weighted by Crippen LogP contribution is 2.38. The number of carboxylic acid groups (broad SMARTS) is 1. The van der Waals surface area contributed by atoms with Gasteiger partial charge >= 0.3 is 5.97 Å². The number of aliphatic carboxylic acids is 1. The topological polar surface area (TPSA) is 89.9 Å². The van der Waals surface area contributed by atoms with E-state index in [4.69, 9.17) is 9.47 Å². The fraction of sp³-hybridized carbons (Fsp3) is 0.344. The molecular weight excluding hydrogens is 544 g/mol. The lowest BCUT2D eigenvalue weighted by Crippen LogP contribution is -2.08. The number of sulfone groups is 1. The Kier molecular flexibility index (Phi) is 9.87. The number of ether oxygens (including phenoxy) is 2. The van der Waals surface area contributed by atoms with Crippen LogP contribution in [0.3, 0.4) is 0 Å². The zero-order valence-electron chi connectivity index (χ0n) is 23.2. The number of carboxylic acids is 1. The van der Waals surface area contributed by atoms with Crippen LogP contribution in [0.4, 0.5) is 0 Å². The van der Waals surface area contributed by atoms with Crippen molar-refractivity contribution in [3.05, 3.63) is 82.7 Å². The maximum absolute atomic E-state index is 11.3. The fourth-order valence-electron chi connectivity index (χ4n) is 4.84. The van der Waals surface area contributed by atoms with Crippen molar-refractivity contribution in [2.45, 2.75) is 52.1 Å². The second-order valence-corrected chi connectivity index (χ2v) is 13.4. The number of hydrogen-bond donors (Lipinski definition) is 1. The quantitative estimate of drug-likeness (QED) is 0.154. The highest BCUT2D eigenvalue weighted by atomic mass is 32.2. The molecule has 1 aromatic heterocycles. The first-order valence-corrected chi connectivity index (χ1v) is 16.4. The molecule has 0 aliphatic rings. The van der Waals surface area contributed by atoms with E-state index in [-0.39, 0.29) is 18.1 Å². The van der Waals surface area contributed by atoms with Crippen LogP contribution >= 0.6 is 11.3 Å². The van der Waals surface area contributed by atoms with Gasteiger partial charge in [0.15, 0.2) is 0 Å². The summed E-state index contributed by atoms with van der Waals surface area (Å²) in [5, 5.41) is 12.5. The van der Waals surface area contributed by atoms with Crippen molar-refractivity contribution < 1.29 is 27.8 Å². The average molecular weight is 581 g/mol. The summed E-state index contributed by atoms with van der Waals surface area (Å²) in [7, 11) is -2.99. The number of thiophene rings is 1. The highest BCUT2D eigenvalue weighted by Gasteiger charge is 2.15. The second-order valence-electron chi connectivity index (χ2n) is 10.2. The first-order chi connectivity index (χ1) is 19.1. The monoisotopic (exact) mass is 580 g/mol. The Balaban J connectivity index is 1.43. The molecule has 40 heavy (non-hydrogen) atoms. The van der Waals surface area contributed by atoms with E-state index in [0.29, 0.717) is 19.6 Å². The molecule has 4 rings (SSSR count). The lowest BCUT2D eigenvalue weighted by atomic mass is 9.91. The van der Waals surface area contributed by atoms with Crippen molar-refractivity contribution in [2.24, 2.45) is 0 Å². The molecule has 0 aliphatic carbocycles. The minimum atomic E-state index is -2.99. The molecule has 1 heterocycles. The number of aryl methyl sites for hydroxylation is 1. The Morgan fingerprint density at radius 3 is 2.38 bits per heavy atom. The predicted octanol–water partition coefficient (Wildman–Crippen LogP) is 7.63. The fourth-order valence-corrected chi connectivity index (χ4v) is 6.43. The molecule has 0 radical (unpaired) electrons. The molecule has 6 nitrogen and oxygen atoms in total. The Morgan fingerprint density at radius 2 is 1.70 bits per heavy atom. The third-order valence-corrected chi connectivity index (χ3v) is 8.87. The van der Waals surface area contributed by atoms with Gasteiger partial charge in [-0.05, 0) is 83.6 Å². The summed E-state index contributed by atoms with van der Waals surface area (Å²) < 4.78 is 35.7. The summed E-state index contributed by atoms with van der Waals surface area (Å²) in [5.74, 6) is 0.895. The van der Waals surface area contributed by atoms with Crippen molar-refractivity contribution in [3.8, 4) is 22.6 Å². The first kappa shape index (κ1) is 29.6. The van der Waals surface area contributed by atoms with Gasteiger partial charge in [-0.2, -0.15) is 0 Å². The normalized spacial score (nSPS) is 12.4. The van der Waals surface area contributed by atoms with E-state index in [1.54, 1.807) is 11.3 Å². The number of fused-ring (bicyclic) bond motifs is 1. The summed E-state index contributed by atoms with van der Waals surface area (Å²) in [5.41, 5.74) is 5.42. The van der Waals surface area contributed by atoms with E-state index >= 15 is 0 Å². The summed E-state index contributed by atoms with van der Waals surface area (Å²) >= 11 is 1.69. The molecule has 0 saturated heterocycles. The molecule has 4 aromatic rings. The van der Waals surface area contributed by atoms with Gasteiger partial charge in [0, 0.05) is 21.9 Å². The van der Waals surface area contributed by atoms with E-state index in [0.717, 1.165) is 57.5 Å². The van der Waals surface area contributed by atoms with Gasteiger partial charge in [-0.15, -0.1) is 11.3 Å². The van der Waals surface area contributed by atoms with Crippen molar-refractivity contribution in [2.75, 3.05) is 18.6 Å². The predicted molar refractivity (Wildman–Crippen MR) is 162 cm³/mol. The smallest absolute Gasteiger partial charge is 0.303 e. The standard InChI is InChI=1S/C32H36O6S2/c1-4-6-25(18-32(33)34)24-9-7-23(8-10-24)20-38-27-12-14-31-29(19-27)30(21-39-31)28-13-11-26(17-22(28)2)37-15-5-16-40(3,35)36/h7-14,17,19,21,25H,4-6,15-16,18,20H2,1-3H3,(H,33,34)/t25-/m0/s1. The van der Waals surface area contributed by atoms with E-state index in [1.807, 2.05) is 55.5 Å². The van der Waals surface area contributed by atoms with Crippen LogP contribution in [-0.2, 0) is 21.2 Å². The summed E-state index contributed by atoms with van der Waals surface area (Å²) in [6.07, 6.45) is 3.64. The number of hydrogen-bond acceptors (Lipinski definition) is 6. The molecule has 0 saturated carbocycles. The van der Waals surface area contributed by atoms with Gasteiger partial charge in [-0.1, -0.05) is 43.7 Å². The van der Waals surface area contributed by atoms with Gasteiger partial charge in [0.2, 0.25) is 0 Å². The number of carbonyl (C=O) groups is 1. The van der Waals surface area contributed by atoms with Crippen LogP contribution in [0.1, 0.15) is 55.2 Å². The van der Waals surface area contributed by atoms with Crippen LogP contribution in [-0.4, -0.2) is 38.1 Å². The van der Waals surface area contributed by atoms with Gasteiger partial charge in [-0.25, -0.2) is 8.42 Å². The molecule has 0 aliphatic heterocycles. The second kappa shape index (κ2) is 13.3. The summed E-state index contributed by atoms with van der Waals surface area (Å²) in [6.45, 7) is 4.91. The Bertz CT molecular complexity index is 1550. The molecular formula is C32H36O6S2. The molecule has 1 N–H and O–H groups in total. The van der Waals surface area contributed by atoms with Gasteiger partial charge in [-0.3, -0.25) is 4.79 Å². The number of benzene rings is 3. The first-order valence-electron chi connectivity index (χ1n) is 13.5. The lowest BCUT2D eigenvalue weighted by Gasteiger charge is -2.15. The maximum atomic E-state index is 11.3. The summed E-state index contributed by atoms with van der Waals surface area (Å²) in [6, 6.07) is 20.2. The van der Waals surface area contributed by atoms with Gasteiger partial charge in [0.05, 0.1) is 18.8 Å². The molecule has 0 amide bonds. The molecule has 3 aromatic carbocycles. The Hall–Kier alpha value is -3.36. The third-order valence-electron chi connectivity index (χ3n) is 6.88. The summed E-state index contributed by atoms with van der Waals surface area (Å²) in [4.78, 5) is 11.2. The highest BCUT2D eigenvalue weighted by molar-refractivity contribution is 7.90. The Labute approximate surface area is 240 Å². The van der Waals surface area contributed by atoms with Crippen LogP contribution in [0.5, 0.6) is 11.5 Å². The van der Waals surface area contributed by atoms with Gasteiger partial charge < -0.3 is 14.6 Å². The minimum Gasteiger partial charge on any atom is -0.494 e. The minimum absolute atomic E-state index is 0.0286. The van der Waals surface area contributed by atoms with E-state index < -0.39 is 15.8 Å². The lowest BCUT2D eigenvalue weighted by molar-refractivity contribution is -0.137. The average Bonchev–Trinajstić information content (AvgIpc) is 3.32. The molecule has 1 atom stereocenters. The third kappa shape index (κ3) is 8.08. The van der Waals surface area contributed by atoms with Crippen LogP contribution in [0.25, 0.3) is 21.2 Å². The molecule has 212 valence electrons. The zero-order valence-corrected chi connectivity index (χ0v) is 24.8.